The van der Waals surface area contributed by atoms with E-state index in [9.17, 15) is 9.90 Å². The third kappa shape index (κ3) is 4.10. The fourth-order valence-electron chi connectivity index (χ4n) is 3.43. The molecule has 2 aromatic rings. The van der Waals surface area contributed by atoms with Crippen LogP contribution in [0.15, 0.2) is 24.4 Å². The zero-order chi connectivity index (χ0) is 17.9. The van der Waals surface area contributed by atoms with Gasteiger partial charge in [0.2, 0.25) is 0 Å². The van der Waals surface area contributed by atoms with Crippen LogP contribution < -0.4 is 10.6 Å². The summed E-state index contributed by atoms with van der Waals surface area (Å²) >= 11 is 0. The summed E-state index contributed by atoms with van der Waals surface area (Å²) in [5.74, 6) is 0.855. The number of fused-ring (bicyclic) bond motifs is 1. The Kier molecular flexibility index (Phi) is 5.22. The molecule has 7 nitrogen and oxygen atoms in total. The molecule has 3 N–H and O–H groups in total. The standard InChI is InChI=1S/C18H27N5O2/c1-13(2)15(16-22-21-14-8-4-7-11-23(14)16)20-17(24)19-12-18(25)9-5-3-6-10-18/h4,7-8,11,13,15,25H,3,5-6,9-10,12H2,1-2H3,(H2,19,20,24). The monoisotopic (exact) mass is 345 g/mol. The first-order valence-electron chi connectivity index (χ1n) is 9.05. The second kappa shape index (κ2) is 7.39. The molecule has 1 unspecified atom stereocenters. The van der Waals surface area contributed by atoms with Crippen LogP contribution in [0.25, 0.3) is 5.65 Å². The molecule has 1 aliphatic rings. The van der Waals surface area contributed by atoms with Crippen LogP contribution in [0.1, 0.15) is 57.8 Å². The summed E-state index contributed by atoms with van der Waals surface area (Å²) in [7, 11) is 0. The molecule has 0 aromatic carbocycles. The second-order valence-corrected chi connectivity index (χ2v) is 7.32. The number of nitrogens with zero attached hydrogens (tertiary/aromatic N) is 3. The number of rotatable bonds is 5. The fourth-order valence-corrected chi connectivity index (χ4v) is 3.43. The average Bonchev–Trinajstić information content (AvgIpc) is 3.02. The van der Waals surface area contributed by atoms with Gasteiger partial charge in [-0.05, 0) is 30.9 Å². The van der Waals surface area contributed by atoms with E-state index in [4.69, 9.17) is 0 Å². The van der Waals surface area contributed by atoms with Crippen molar-refractivity contribution in [3.8, 4) is 0 Å². The average molecular weight is 345 g/mol. The molecule has 2 heterocycles. The maximum Gasteiger partial charge on any atom is 0.315 e. The van der Waals surface area contributed by atoms with Gasteiger partial charge in [-0.15, -0.1) is 10.2 Å². The Labute approximate surface area is 147 Å². The molecule has 0 saturated heterocycles. The molecule has 1 aliphatic carbocycles. The van der Waals surface area contributed by atoms with Crippen molar-refractivity contribution in [2.75, 3.05) is 6.54 Å². The number of aliphatic hydroxyl groups is 1. The van der Waals surface area contributed by atoms with Crippen molar-refractivity contribution < 1.29 is 9.90 Å². The van der Waals surface area contributed by atoms with E-state index < -0.39 is 5.60 Å². The van der Waals surface area contributed by atoms with Crippen molar-refractivity contribution in [3.05, 3.63) is 30.2 Å². The van der Waals surface area contributed by atoms with Crippen LogP contribution in [0.2, 0.25) is 0 Å². The van der Waals surface area contributed by atoms with Gasteiger partial charge in [-0.1, -0.05) is 39.2 Å². The van der Waals surface area contributed by atoms with Crippen LogP contribution in [0.4, 0.5) is 4.79 Å². The van der Waals surface area contributed by atoms with Gasteiger partial charge in [0, 0.05) is 12.7 Å². The van der Waals surface area contributed by atoms with Gasteiger partial charge in [0.1, 0.15) is 0 Å². The Morgan fingerprint density at radius 2 is 2.04 bits per heavy atom. The van der Waals surface area contributed by atoms with Gasteiger partial charge in [-0.3, -0.25) is 4.40 Å². The summed E-state index contributed by atoms with van der Waals surface area (Å²) in [6, 6.07) is 5.15. The van der Waals surface area contributed by atoms with Crippen LogP contribution in [0.3, 0.4) is 0 Å². The van der Waals surface area contributed by atoms with E-state index in [2.05, 4.69) is 20.8 Å². The molecule has 0 spiro atoms. The Hall–Kier alpha value is -2.15. The van der Waals surface area contributed by atoms with Gasteiger partial charge < -0.3 is 15.7 Å². The molecule has 1 saturated carbocycles. The van der Waals surface area contributed by atoms with Gasteiger partial charge in [-0.2, -0.15) is 0 Å². The lowest BCUT2D eigenvalue weighted by molar-refractivity contribution is 0.00708. The zero-order valence-corrected chi connectivity index (χ0v) is 14.9. The largest absolute Gasteiger partial charge is 0.388 e. The number of urea groups is 1. The fraction of sp³-hybridized carbons (Fsp3) is 0.611. The Morgan fingerprint density at radius 3 is 2.76 bits per heavy atom. The minimum Gasteiger partial charge on any atom is -0.388 e. The number of nitrogens with one attached hydrogen (secondary N) is 2. The first-order valence-corrected chi connectivity index (χ1v) is 9.05. The maximum atomic E-state index is 12.4. The summed E-state index contributed by atoms with van der Waals surface area (Å²) in [5, 5.41) is 24.7. The van der Waals surface area contributed by atoms with E-state index in [-0.39, 0.29) is 24.5 Å². The van der Waals surface area contributed by atoms with Crippen LogP contribution >= 0.6 is 0 Å². The normalized spacial score (nSPS) is 18.2. The van der Waals surface area contributed by atoms with E-state index in [1.54, 1.807) is 0 Å². The molecule has 7 heteroatoms. The van der Waals surface area contributed by atoms with Crippen molar-refractivity contribution in [2.24, 2.45) is 5.92 Å². The molecule has 2 amide bonds. The smallest absolute Gasteiger partial charge is 0.315 e. The van der Waals surface area contributed by atoms with Gasteiger partial charge >= 0.3 is 6.03 Å². The third-order valence-corrected chi connectivity index (χ3v) is 4.93. The topological polar surface area (TPSA) is 91.5 Å². The Bertz CT molecular complexity index is 721. The molecule has 2 aromatic heterocycles. The quantitative estimate of drug-likeness (QED) is 0.776. The number of pyridine rings is 1. The van der Waals surface area contributed by atoms with Crippen molar-refractivity contribution in [1.82, 2.24) is 25.2 Å². The highest BCUT2D eigenvalue weighted by molar-refractivity contribution is 5.74. The van der Waals surface area contributed by atoms with Crippen LogP contribution in [-0.2, 0) is 0 Å². The molecule has 3 rings (SSSR count). The number of carbonyl (C=O) groups is 1. The van der Waals surface area contributed by atoms with Crippen LogP contribution in [0, 0.1) is 5.92 Å². The van der Waals surface area contributed by atoms with Crippen molar-refractivity contribution in [1.29, 1.82) is 0 Å². The third-order valence-electron chi connectivity index (χ3n) is 4.93. The number of carbonyl (C=O) groups excluding carboxylic acids is 1. The summed E-state index contributed by atoms with van der Waals surface area (Å²) in [6.45, 7) is 4.34. The highest BCUT2D eigenvalue weighted by atomic mass is 16.3. The first-order chi connectivity index (χ1) is 12.0. The van der Waals surface area contributed by atoms with E-state index in [0.29, 0.717) is 5.82 Å². The highest BCUT2D eigenvalue weighted by Gasteiger charge is 2.30. The molecule has 1 fully saturated rings. The van der Waals surface area contributed by atoms with Gasteiger partial charge in [0.15, 0.2) is 11.5 Å². The number of aromatic nitrogens is 3. The highest BCUT2D eigenvalue weighted by Crippen LogP contribution is 2.27. The van der Waals surface area contributed by atoms with Gasteiger partial charge in [0.05, 0.1) is 11.6 Å². The molecule has 0 radical (unpaired) electrons. The Balaban J connectivity index is 1.66. The van der Waals surface area contributed by atoms with Gasteiger partial charge in [0.25, 0.3) is 0 Å². The van der Waals surface area contributed by atoms with Crippen molar-refractivity contribution in [3.63, 3.8) is 0 Å². The second-order valence-electron chi connectivity index (χ2n) is 7.32. The SMILES string of the molecule is CC(C)C(NC(=O)NCC1(O)CCCCC1)c1nnc2ccccn12. The van der Waals surface area contributed by atoms with E-state index in [0.717, 1.165) is 37.8 Å². The molecular formula is C18H27N5O2. The van der Waals surface area contributed by atoms with Crippen molar-refractivity contribution in [2.45, 2.75) is 57.6 Å². The van der Waals surface area contributed by atoms with E-state index >= 15 is 0 Å². The summed E-state index contributed by atoms with van der Waals surface area (Å²) < 4.78 is 1.89. The molecule has 25 heavy (non-hydrogen) atoms. The Morgan fingerprint density at radius 1 is 1.28 bits per heavy atom. The summed E-state index contributed by atoms with van der Waals surface area (Å²) in [4.78, 5) is 12.4. The molecular weight excluding hydrogens is 318 g/mol. The minimum absolute atomic E-state index is 0.149. The first kappa shape index (κ1) is 17.7. The van der Waals surface area contributed by atoms with E-state index in [1.165, 1.54) is 0 Å². The summed E-state index contributed by atoms with van der Waals surface area (Å²) in [5.41, 5.74) is -0.0216. The number of hydrogen-bond acceptors (Lipinski definition) is 4. The van der Waals surface area contributed by atoms with Crippen LogP contribution in [0.5, 0.6) is 0 Å². The number of hydrogen-bond donors (Lipinski definition) is 3. The van der Waals surface area contributed by atoms with Gasteiger partial charge in [-0.25, -0.2) is 4.79 Å². The van der Waals surface area contributed by atoms with E-state index in [1.807, 2.05) is 42.6 Å². The maximum absolute atomic E-state index is 12.4. The summed E-state index contributed by atoms with van der Waals surface area (Å²) in [6.07, 6.45) is 6.57. The lowest BCUT2D eigenvalue weighted by Gasteiger charge is -2.32. The predicted octanol–water partition coefficient (Wildman–Crippen LogP) is 2.42. The minimum atomic E-state index is -0.773. The van der Waals surface area contributed by atoms with Crippen molar-refractivity contribution >= 4 is 11.7 Å². The zero-order valence-electron chi connectivity index (χ0n) is 14.9. The number of amides is 2. The lowest BCUT2D eigenvalue weighted by atomic mass is 9.85. The molecule has 0 bridgehead atoms. The van der Waals surface area contributed by atoms with Crippen LogP contribution in [-0.4, -0.2) is 37.9 Å². The predicted molar refractivity (Wildman–Crippen MR) is 95.1 cm³/mol. The molecule has 136 valence electrons. The molecule has 1 atom stereocenters. The molecule has 0 aliphatic heterocycles. The lowest BCUT2D eigenvalue weighted by Crippen LogP contribution is -2.48.